The second-order valence-corrected chi connectivity index (χ2v) is 10.1. The Hall–Kier alpha value is -1.68. The highest BCUT2D eigenvalue weighted by Gasteiger charge is 2.40. The number of carboxylic acids is 1. The van der Waals surface area contributed by atoms with Crippen molar-refractivity contribution >= 4 is 11.8 Å². The van der Waals surface area contributed by atoms with Gasteiger partial charge in [0.25, 0.3) is 0 Å². The Labute approximate surface area is 199 Å². The molecule has 1 saturated carbocycles. The average Bonchev–Trinajstić information content (AvgIpc) is 3.04. The number of hydrogen-bond acceptors (Lipinski definition) is 5. The first-order valence-electron chi connectivity index (χ1n) is 12.5. The summed E-state index contributed by atoms with van der Waals surface area (Å²) in [7, 11) is 0. The van der Waals surface area contributed by atoms with Crippen molar-refractivity contribution in [3.63, 3.8) is 0 Å². The van der Waals surface area contributed by atoms with E-state index in [4.69, 9.17) is 14.6 Å². The molecule has 0 bridgehead atoms. The Morgan fingerprint density at radius 2 is 2.03 bits per heavy atom. The van der Waals surface area contributed by atoms with Gasteiger partial charge >= 0.3 is 5.97 Å². The van der Waals surface area contributed by atoms with Crippen LogP contribution in [0.5, 0.6) is 0 Å². The van der Waals surface area contributed by atoms with E-state index in [0.29, 0.717) is 19.4 Å². The molecule has 0 radical (unpaired) electrons. The molecule has 2 rings (SSSR count). The molecule has 6 nitrogen and oxygen atoms in total. The summed E-state index contributed by atoms with van der Waals surface area (Å²) in [6.45, 7) is 6.79. The van der Waals surface area contributed by atoms with E-state index in [1.165, 1.54) is 0 Å². The van der Waals surface area contributed by atoms with Crippen LogP contribution < -0.4 is 0 Å². The van der Waals surface area contributed by atoms with Gasteiger partial charge in [0.15, 0.2) is 6.29 Å². The molecule has 0 aromatic heterocycles. The van der Waals surface area contributed by atoms with E-state index in [0.717, 1.165) is 44.9 Å². The highest BCUT2D eigenvalue weighted by Crippen LogP contribution is 2.36. The van der Waals surface area contributed by atoms with E-state index in [-0.39, 0.29) is 48.3 Å². The summed E-state index contributed by atoms with van der Waals surface area (Å²) in [6, 6.07) is 0. The molecule has 0 aromatic rings. The average molecular weight is 463 g/mol. The number of rotatable bonds is 13. The summed E-state index contributed by atoms with van der Waals surface area (Å²) in [5, 5.41) is 19.3. The Balaban J connectivity index is 2.03. The van der Waals surface area contributed by atoms with Gasteiger partial charge in [-0.2, -0.15) is 0 Å². The number of aliphatic hydroxyl groups is 1. The van der Waals surface area contributed by atoms with Crippen LogP contribution in [0.15, 0.2) is 12.2 Å². The predicted molar refractivity (Wildman–Crippen MR) is 127 cm³/mol. The first kappa shape index (κ1) is 27.6. The molecule has 2 N–H and O–H groups in total. The number of unbranched alkanes of at least 4 members (excludes halogenated alkanes) is 3. The number of aliphatic hydroxyl groups excluding tert-OH is 1. The zero-order valence-corrected chi connectivity index (χ0v) is 20.6. The van der Waals surface area contributed by atoms with Crippen molar-refractivity contribution < 1.29 is 29.3 Å². The fraction of sp³-hybridized carbons (Fsp3) is 0.778. The number of carboxylic acid groups (broad SMARTS) is 1. The minimum Gasteiger partial charge on any atom is -0.481 e. The summed E-state index contributed by atoms with van der Waals surface area (Å²) in [4.78, 5) is 23.2. The van der Waals surface area contributed by atoms with Gasteiger partial charge in [0.05, 0.1) is 12.2 Å². The van der Waals surface area contributed by atoms with Gasteiger partial charge in [-0.3, -0.25) is 9.59 Å². The Morgan fingerprint density at radius 3 is 2.70 bits per heavy atom. The van der Waals surface area contributed by atoms with Crippen LogP contribution in [-0.4, -0.2) is 47.1 Å². The molecular weight excluding hydrogens is 420 g/mol. The van der Waals surface area contributed by atoms with Crippen LogP contribution >= 0.6 is 0 Å². The molecule has 5 atom stereocenters. The van der Waals surface area contributed by atoms with Gasteiger partial charge in [-0.15, -0.1) is 11.8 Å². The summed E-state index contributed by atoms with van der Waals surface area (Å²) >= 11 is 0. The topological polar surface area (TPSA) is 93.1 Å². The van der Waals surface area contributed by atoms with E-state index >= 15 is 0 Å². The third kappa shape index (κ3) is 9.23. The Bertz CT molecular complexity index is 710. The van der Waals surface area contributed by atoms with Crippen LogP contribution in [0.2, 0.25) is 0 Å². The summed E-state index contributed by atoms with van der Waals surface area (Å²) in [5.74, 6) is 5.07. The maximum atomic E-state index is 12.6. The van der Waals surface area contributed by atoms with Gasteiger partial charge in [-0.05, 0) is 39.0 Å². The molecule has 0 amide bonds. The summed E-state index contributed by atoms with van der Waals surface area (Å²) in [5.41, 5.74) is -0.243. The SMILES string of the molecule is CC#CCC(C)(C)[C@@H](/C=C/[C@H]1[C@H](O)CC(=O)[C@@H]1CCCCCCC(=O)O)OC1CCCCO1. The predicted octanol–water partition coefficient (Wildman–Crippen LogP) is 4.89. The number of carbonyl (C=O) groups is 2. The quantitative estimate of drug-likeness (QED) is 0.230. The fourth-order valence-electron chi connectivity index (χ4n) is 4.70. The normalized spacial score (nSPS) is 26.8. The van der Waals surface area contributed by atoms with Crippen LogP contribution in [-0.2, 0) is 19.1 Å². The molecular formula is C27H42O6. The van der Waals surface area contributed by atoms with Crippen molar-refractivity contribution in [3.05, 3.63) is 12.2 Å². The lowest BCUT2D eigenvalue weighted by Crippen LogP contribution is -2.36. The lowest BCUT2D eigenvalue weighted by molar-refractivity contribution is -0.196. The van der Waals surface area contributed by atoms with E-state index in [1.807, 2.05) is 19.1 Å². The zero-order valence-electron chi connectivity index (χ0n) is 20.6. The smallest absolute Gasteiger partial charge is 0.303 e. The van der Waals surface area contributed by atoms with Crippen LogP contribution in [0.25, 0.3) is 0 Å². The number of carbonyl (C=O) groups excluding carboxylic acids is 1. The number of aliphatic carboxylic acids is 1. The molecule has 1 unspecified atom stereocenters. The van der Waals surface area contributed by atoms with Crippen LogP contribution in [0.3, 0.4) is 0 Å². The largest absolute Gasteiger partial charge is 0.481 e. The number of Topliss-reactive ketones (excluding diaryl/α,β-unsaturated/α-hetero) is 1. The van der Waals surface area contributed by atoms with Crippen LogP contribution in [0.1, 0.15) is 91.4 Å². The molecule has 0 spiro atoms. The monoisotopic (exact) mass is 462 g/mol. The van der Waals surface area contributed by atoms with E-state index < -0.39 is 12.1 Å². The second kappa shape index (κ2) is 13.9. The molecule has 2 aliphatic rings. The third-order valence-corrected chi connectivity index (χ3v) is 6.82. The van der Waals surface area contributed by atoms with Crippen molar-refractivity contribution in [2.45, 2.75) is 110 Å². The standard InChI is InChI=1S/C27H42O6/c1-4-5-17-27(2,3)24(33-26-14-10-11-18-32-26)16-15-21-20(22(28)19-23(21)29)12-8-6-7-9-13-25(30)31/h15-16,20-21,23-24,26,29H,6-14,17-19H2,1-3H3,(H,30,31)/b16-15+/t20-,21-,23-,24-,26?/m1/s1. The van der Waals surface area contributed by atoms with Crippen LogP contribution in [0, 0.1) is 29.1 Å². The molecule has 6 heteroatoms. The highest BCUT2D eigenvalue weighted by molar-refractivity contribution is 5.84. The Kier molecular flexibility index (Phi) is 11.6. The fourth-order valence-corrected chi connectivity index (χ4v) is 4.70. The summed E-state index contributed by atoms with van der Waals surface area (Å²) in [6.07, 6.45) is 10.9. The molecule has 33 heavy (non-hydrogen) atoms. The molecule has 0 aromatic carbocycles. The number of ether oxygens (including phenoxy) is 2. The third-order valence-electron chi connectivity index (χ3n) is 6.82. The van der Waals surface area contributed by atoms with Crippen molar-refractivity contribution in [1.29, 1.82) is 0 Å². The molecule has 1 heterocycles. The molecule has 1 aliphatic carbocycles. The maximum Gasteiger partial charge on any atom is 0.303 e. The first-order chi connectivity index (χ1) is 15.7. The maximum absolute atomic E-state index is 12.6. The van der Waals surface area contributed by atoms with E-state index in [9.17, 15) is 14.7 Å². The van der Waals surface area contributed by atoms with Crippen molar-refractivity contribution in [3.8, 4) is 11.8 Å². The second-order valence-electron chi connectivity index (χ2n) is 10.1. The van der Waals surface area contributed by atoms with Crippen molar-refractivity contribution in [2.75, 3.05) is 6.61 Å². The van der Waals surface area contributed by atoms with Gasteiger partial charge in [-0.1, -0.05) is 45.3 Å². The van der Waals surface area contributed by atoms with Gasteiger partial charge < -0.3 is 19.7 Å². The van der Waals surface area contributed by atoms with Gasteiger partial charge in [0.2, 0.25) is 0 Å². The van der Waals surface area contributed by atoms with Gasteiger partial charge in [0.1, 0.15) is 5.78 Å². The number of hydrogen-bond donors (Lipinski definition) is 2. The lowest BCUT2D eigenvalue weighted by Gasteiger charge is -2.35. The molecule has 186 valence electrons. The van der Waals surface area contributed by atoms with Gasteiger partial charge in [0, 0.05) is 43.1 Å². The minimum atomic E-state index is -0.766. The first-order valence-corrected chi connectivity index (χ1v) is 12.5. The van der Waals surface area contributed by atoms with E-state index in [2.05, 4.69) is 25.7 Å². The highest BCUT2D eigenvalue weighted by atomic mass is 16.7. The van der Waals surface area contributed by atoms with Crippen molar-refractivity contribution in [2.24, 2.45) is 17.3 Å². The Morgan fingerprint density at radius 1 is 1.27 bits per heavy atom. The van der Waals surface area contributed by atoms with Gasteiger partial charge in [-0.25, -0.2) is 0 Å². The minimum absolute atomic E-state index is 0.117. The molecule has 1 aliphatic heterocycles. The summed E-state index contributed by atoms with van der Waals surface area (Å²) < 4.78 is 12.2. The number of ketones is 1. The molecule has 1 saturated heterocycles. The molecule has 2 fully saturated rings. The zero-order chi connectivity index (χ0) is 24.3. The van der Waals surface area contributed by atoms with Crippen LogP contribution in [0.4, 0.5) is 0 Å². The van der Waals surface area contributed by atoms with Crippen molar-refractivity contribution in [1.82, 2.24) is 0 Å². The van der Waals surface area contributed by atoms with E-state index in [1.54, 1.807) is 0 Å². The lowest BCUT2D eigenvalue weighted by atomic mass is 9.81.